The summed E-state index contributed by atoms with van der Waals surface area (Å²) in [5.74, 6) is -0.920. The number of carbonyl (C=O) groups excluding carboxylic acids is 1. The van der Waals surface area contributed by atoms with Gasteiger partial charge in [0.25, 0.3) is 0 Å². The third kappa shape index (κ3) is 2.34. The van der Waals surface area contributed by atoms with Crippen molar-refractivity contribution in [2.75, 3.05) is 5.32 Å². The molecule has 1 saturated carbocycles. The van der Waals surface area contributed by atoms with Crippen LogP contribution >= 0.6 is 0 Å². The molecule has 0 unspecified atom stereocenters. The molecule has 3 rings (SSSR count). The van der Waals surface area contributed by atoms with E-state index in [1.165, 1.54) is 0 Å². The standard InChI is InChI=1S/C16H18N2O4/c1-15(2,3)13-18-10-8-9(4-5-11(10)22-13)17-12(19)16(6-7-16)14(20)21/h4-5,8H,6-7H2,1-3H3,(H,17,19)(H,20,21). The molecule has 6 heteroatoms. The number of oxazole rings is 1. The number of carboxylic acids is 1. The zero-order chi connectivity index (χ0) is 16.1. The Morgan fingerprint density at radius 1 is 1.32 bits per heavy atom. The van der Waals surface area contributed by atoms with E-state index in [-0.39, 0.29) is 5.41 Å². The molecule has 0 saturated heterocycles. The van der Waals surface area contributed by atoms with Crippen LogP contribution in [0.4, 0.5) is 5.69 Å². The van der Waals surface area contributed by atoms with E-state index in [0.717, 1.165) is 0 Å². The maximum Gasteiger partial charge on any atom is 0.319 e. The molecule has 1 aliphatic carbocycles. The lowest BCUT2D eigenvalue weighted by Gasteiger charge is -2.11. The maximum atomic E-state index is 12.1. The Kier molecular flexibility index (Phi) is 3.02. The van der Waals surface area contributed by atoms with Crippen molar-refractivity contribution in [3.63, 3.8) is 0 Å². The van der Waals surface area contributed by atoms with E-state index >= 15 is 0 Å². The lowest BCUT2D eigenvalue weighted by molar-refractivity contribution is -0.147. The summed E-state index contributed by atoms with van der Waals surface area (Å²) >= 11 is 0. The number of carboxylic acid groups (broad SMARTS) is 1. The zero-order valence-electron chi connectivity index (χ0n) is 12.8. The number of rotatable bonds is 3. The first kappa shape index (κ1) is 14.6. The van der Waals surface area contributed by atoms with Gasteiger partial charge in [0, 0.05) is 11.1 Å². The summed E-state index contributed by atoms with van der Waals surface area (Å²) in [5, 5.41) is 11.8. The van der Waals surface area contributed by atoms with Crippen molar-refractivity contribution in [1.29, 1.82) is 0 Å². The normalized spacial score (nSPS) is 16.5. The zero-order valence-corrected chi connectivity index (χ0v) is 12.8. The molecular weight excluding hydrogens is 284 g/mol. The molecule has 1 aromatic heterocycles. The predicted molar refractivity (Wildman–Crippen MR) is 80.6 cm³/mol. The maximum absolute atomic E-state index is 12.1. The van der Waals surface area contributed by atoms with Crippen molar-refractivity contribution in [3.8, 4) is 0 Å². The van der Waals surface area contributed by atoms with Gasteiger partial charge >= 0.3 is 5.97 Å². The van der Waals surface area contributed by atoms with E-state index in [1.54, 1.807) is 18.2 Å². The molecule has 6 nitrogen and oxygen atoms in total. The van der Waals surface area contributed by atoms with Crippen LogP contribution in [0.15, 0.2) is 22.6 Å². The number of hydrogen-bond donors (Lipinski definition) is 2. The van der Waals surface area contributed by atoms with Crippen LogP contribution in [0.3, 0.4) is 0 Å². The molecule has 1 aliphatic rings. The number of aromatic nitrogens is 1. The third-order valence-electron chi connectivity index (χ3n) is 3.88. The Morgan fingerprint density at radius 3 is 2.55 bits per heavy atom. The van der Waals surface area contributed by atoms with Gasteiger partial charge in [-0.3, -0.25) is 9.59 Å². The highest BCUT2D eigenvalue weighted by Gasteiger charge is 2.57. The number of benzene rings is 1. The monoisotopic (exact) mass is 302 g/mol. The largest absolute Gasteiger partial charge is 0.480 e. The molecular formula is C16H18N2O4. The van der Waals surface area contributed by atoms with Crippen molar-refractivity contribution >= 4 is 28.7 Å². The quantitative estimate of drug-likeness (QED) is 0.850. The van der Waals surface area contributed by atoms with Gasteiger partial charge in [0.05, 0.1) is 0 Å². The van der Waals surface area contributed by atoms with Gasteiger partial charge in [-0.2, -0.15) is 0 Å². The summed E-state index contributed by atoms with van der Waals surface area (Å²) in [6.07, 6.45) is 0.767. The number of nitrogens with zero attached hydrogens (tertiary/aromatic N) is 1. The molecule has 0 radical (unpaired) electrons. The second-order valence-corrected chi connectivity index (χ2v) is 6.79. The molecule has 0 aliphatic heterocycles. The fourth-order valence-corrected chi connectivity index (χ4v) is 2.24. The second-order valence-electron chi connectivity index (χ2n) is 6.79. The van der Waals surface area contributed by atoms with Gasteiger partial charge in [0.1, 0.15) is 10.9 Å². The van der Waals surface area contributed by atoms with Crippen LogP contribution in [0.5, 0.6) is 0 Å². The van der Waals surface area contributed by atoms with Crippen LogP contribution in [0.25, 0.3) is 11.1 Å². The van der Waals surface area contributed by atoms with Crippen LogP contribution in [0.2, 0.25) is 0 Å². The molecule has 22 heavy (non-hydrogen) atoms. The summed E-state index contributed by atoms with van der Waals surface area (Å²) in [6, 6.07) is 5.12. The van der Waals surface area contributed by atoms with Crippen LogP contribution in [0.1, 0.15) is 39.5 Å². The summed E-state index contributed by atoms with van der Waals surface area (Å²) < 4.78 is 5.69. The first-order chi connectivity index (χ1) is 10.2. The summed E-state index contributed by atoms with van der Waals surface area (Å²) in [5.41, 5.74) is 0.350. The third-order valence-corrected chi connectivity index (χ3v) is 3.88. The lowest BCUT2D eigenvalue weighted by Crippen LogP contribution is -2.31. The van der Waals surface area contributed by atoms with Crippen molar-refractivity contribution < 1.29 is 19.1 Å². The molecule has 2 aromatic rings. The SMILES string of the molecule is CC(C)(C)c1nc2cc(NC(=O)C3(C(=O)O)CC3)ccc2o1. The highest BCUT2D eigenvalue weighted by atomic mass is 16.4. The van der Waals surface area contributed by atoms with E-state index in [2.05, 4.69) is 10.3 Å². The smallest absolute Gasteiger partial charge is 0.319 e. The van der Waals surface area contributed by atoms with Gasteiger partial charge in [-0.1, -0.05) is 20.8 Å². The molecule has 2 N–H and O–H groups in total. The van der Waals surface area contributed by atoms with Crippen molar-refractivity contribution in [2.24, 2.45) is 5.41 Å². The summed E-state index contributed by atoms with van der Waals surface area (Å²) in [7, 11) is 0. The number of amides is 1. The van der Waals surface area contributed by atoms with Gasteiger partial charge in [-0.05, 0) is 31.0 Å². The average molecular weight is 302 g/mol. The molecule has 0 atom stereocenters. The molecule has 116 valence electrons. The van der Waals surface area contributed by atoms with Gasteiger partial charge in [0.15, 0.2) is 5.58 Å². The van der Waals surface area contributed by atoms with Crippen LogP contribution in [-0.2, 0) is 15.0 Å². The Labute approximate surface area is 127 Å². The van der Waals surface area contributed by atoms with E-state index in [9.17, 15) is 9.59 Å². The summed E-state index contributed by atoms with van der Waals surface area (Å²) in [6.45, 7) is 6.01. The van der Waals surface area contributed by atoms with E-state index < -0.39 is 17.3 Å². The van der Waals surface area contributed by atoms with E-state index in [4.69, 9.17) is 9.52 Å². The van der Waals surface area contributed by atoms with Gasteiger partial charge in [0.2, 0.25) is 11.8 Å². The van der Waals surface area contributed by atoms with Crippen molar-refractivity contribution in [1.82, 2.24) is 4.98 Å². The van der Waals surface area contributed by atoms with Crippen LogP contribution in [0, 0.1) is 5.41 Å². The molecule has 0 spiro atoms. The highest BCUT2D eigenvalue weighted by Crippen LogP contribution is 2.46. The second kappa shape index (κ2) is 4.56. The van der Waals surface area contributed by atoms with E-state index in [1.807, 2.05) is 20.8 Å². The average Bonchev–Trinajstić information content (AvgIpc) is 3.12. The number of hydrogen-bond acceptors (Lipinski definition) is 4. The minimum atomic E-state index is -1.25. The fourth-order valence-electron chi connectivity index (χ4n) is 2.24. The minimum absolute atomic E-state index is 0.205. The molecule has 0 bridgehead atoms. The van der Waals surface area contributed by atoms with Crippen LogP contribution in [-0.4, -0.2) is 22.0 Å². The molecule has 1 heterocycles. The number of nitrogens with one attached hydrogen (secondary N) is 1. The minimum Gasteiger partial charge on any atom is -0.480 e. The first-order valence-electron chi connectivity index (χ1n) is 7.18. The predicted octanol–water partition coefficient (Wildman–Crippen LogP) is 2.93. The molecule has 1 amide bonds. The van der Waals surface area contributed by atoms with Crippen LogP contribution < -0.4 is 5.32 Å². The van der Waals surface area contributed by atoms with Crippen molar-refractivity contribution in [3.05, 3.63) is 24.1 Å². The summed E-state index contributed by atoms with van der Waals surface area (Å²) in [4.78, 5) is 27.7. The molecule has 1 aromatic carbocycles. The molecule has 1 fully saturated rings. The first-order valence-corrected chi connectivity index (χ1v) is 7.18. The van der Waals surface area contributed by atoms with Gasteiger partial charge in [-0.15, -0.1) is 0 Å². The number of fused-ring (bicyclic) bond motifs is 1. The Hall–Kier alpha value is -2.37. The lowest BCUT2D eigenvalue weighted by atomic mass is 9.97. The highest BCUT2D eigenvalue weighted by molar-refractivity contribution is 6.11. The topological polar surface area (TPSA) is 92.4 Å². The van der Waals surface area contributed by atoms with Gasteiger partial charge in [-0.25, -0.2) is 4.98 Å². The van der Waals surface area contributed by atoms with Gasteiger partial charge < -0.3 is 14.8 Å². The Morgan fingerprint density at radius 2 is 2.00 bits per heavy atom. The number of aliphatic carboxylic acids is 1. The Balaban J connectivity index is 1.86. The van der Waals surface area contributed by atoms with Crippen molar-refractivity contribution in [2.45, 2.75) is 39.0 Å². The number of anilines is 1. The van der Waals surface area contributed by atoms with E-state index in [0.29, 0.717) is 35.5 Å². The fraction of sp³-hybridized carbons (Fsp3) is 0.438. The number of carbonyl (C=O) groups is 2. The Bertz CT molecular complexity index is 766.